The van der Waals surface area contributed by atoms with Crippen LogP contribution in [-0.4, -0.2) is 10.6 Å². The molecule has 0 atom stereocenters. The molecule has 0 fully saturated rings. The summed E-state index contributed by atoms with van der Waals surface area (Å²) in [6.45, 7) is 4.09. The topological polar surface area (TPSA) is 60.3 Å². The van der Waals surface area contributed by atoms with Gasteiger partial charge in [-0.2, -0.15) is 4.73 Å². The van der Waals surface area contributed by atoms with Crippen molar-refractivity contribution in [2.75, 3.05) is 5.32 Å². The van der Waals surface area contributed by atoms with E-state index in [-0.39, 0.29) is 12.2 Å². The second kappa shape index (κ2) is 7.70. The lowest BCUT2D eigenvalue weighted by molar-refractivity contribution is 0.0863. The highest BCUT2D eigenvalue weighted by molar-refractivity contribution is 6.04. The smallest absolute Gasteiger partial charge is 0.295 e. The first-order chi connectivity index (χ1) is 12.5. The van der Waals surface area contributed by atoms with Crippen LogP contribution in [0.5, 0.6) is 0 Å². The maximum atomic E-state index is 12.6. The van der Waals surface area contributed by atoms with Crippen LogP contribution in [0.4, 0.5) is 5.69 Å². The Hall–Kier alpha value is -3.34. The minimum Gasteiger partial charge on any atom is -0.406 e. The van der Waals surface area contributed by atoms with Crippen molar-refractivity contribution >= 4 is 11.6 Å². The largest absolute Gasteiger partial charge is 0.406 e. The number of carbonyl (C=O) groups is 1. The molecule has 3 rings (SSSR count). The molecule has 1 heterocycles. The fraction of sp³-hybridized carbons (Fsp3) is 0.143. The number of pyridine rings is 1. The quantitative estimate of drug-likeness (QED) is 0.769. The molecule has 26 heavy (non-hydrogen) atoms. The highest BCUT2D eigenvalue weighted by atomic mass is 16.7. The average Bonchev–Trinajstić information content (AvgIpc) is 2.64. The Balaban J connectivity index is 1.79. The zero-order valence-corrected chi connectivity index (χ0v) is 14.7. The molecule has 0 spiro atoms. The van der Waals surface area contributed by atoms with Gasteiger partial charge in [0.25, 0.3) is 11.5 Å². The van der Waals surface area contributed by atoms with Crippen molar-refractivity contribution in [3.63, 3.8) is 0 Å². The van der Waals surface area contributed by atoms with Crippen LogP contribution in [0.15, 0.2) is 71.7 Å². The van der Waals surface area contributed by atoms with E-state index in [4.69, 9.17) is 4.84 Å². The normalized spacial score (nSPS) is 10.4. The SMILES string of the molecule is Cc1ccc(C)c(NC(=O)c2cccn(OCc3ccccc3)c2=O)c1. The monoisotopic (exact) mass is 348 g/mol. The Kier molecular flexibility index (Phi) is 5.17. The number of rotatable bonds is 5. The number of hydrogen-bond donors (Lipinski definition) is 1. The van der Waals surface area contributed by atoms with Crippen LogP contribution in [-0.2, 0) is 6.61 Å². The summed E-state index contributed by atoms with van der Waals surface area (Å²) in [4.78, 5) is 30.6. The van der Waals surface area contributed by atoms with Gasteiger partial charge in [0.05, 0.1) is 0 Å². The Morgan fingerprint density at radius 2 is 1.81 bits per heavy atom. The molecule has 132 valence electrons. The van der Waals surface area contributed by atoms with Crippen LogP contribution in [0.2, 0.25) is 0 Å². The van der Waals surface area contributed by atoms with Gasteiger partial charge < -0.3 is 10.2 Å². The van der Waals surface area contributed by atoms with E-state index in [0.29, 0.717) is 5.69 Å². The third-order valence-electron chi connectivity index (χ3n) is 4.01. The molecule has 2 aromatic carbocycles. The number of nitrogens with one attached hydrogen (secondary N) is 1. The third-order valence-corrected chi connectivity index (χ3v) is 4.01. The van der Waals surface area contributed by atoms with E-state index in [1.54, 1.807) is 6.07 Å². The van der Waals surface area contributed by atoms with Crippen LogP contribution >= 0.6 is 0 Å². The Bertz CT molecular complexity index is 978. The van der Waals surface area contributed by atoms with Gasteiger partial charge in [0.2, 0.25) is 0 Å². The summed E-state index contributed by atoms with van der Waals surface area (Å²) in [7, 11) is 0. The maximum absolute atomic E-state index is 12.6. The Labute approximate surface area is 151 Å². The zero-order valence-electron chi connectivity index (χ0n) is 14.7. The summed E-state index contributed by atoms with van der Waals surface area (Å²) in [5.74, 6) is -0.457. The number of hydrogen-bond acceptors (Lipinski definition) is 3. The minimum absolute atomic E-state index is 0.0291. The van der Waals surface area contributed by atoms with Gasteiger partial charge in [-0.3, -0.25) is 9.59 Å². The van der Waals surface area contributed by atoms with E-state index in [2.05, 4.69) is 5.32 Å². The van der Waals surface area contributed by atoms with Gasteiger partial charge in [0, 0.05) is 11.9 Å². The van der Waals surface area contributed by atoms with Crippen LogP contribution in [0.25, 0.3) is 0 Å². The summed E-state index contributed by atoms with van der Waals surface area (Å²) in [6.07, 6.45) is 1.50. The highest BCUT2D eigenvalue weighted by Gasteiger charge is 2.14. The summed E-state index contributed by atoms with van der Waals surface area (Å²) >= 11 is 0. The average molecular weight is 348 g/mol. The first kappa shape index (κ1) is 17.5. The van der Waals surface area contributed by atoms with Gasteiger partial charge in [-0.25, -0.2) is 0 Å². The van der Waals surface area contributed by atoms with Gasteiger partial charge in [-0.15, -0.1) is 0 Å². The lowest BCUT2D eigenvalue weighted by Crippen LogP contribution is -2.32. The Morgan fingerprint density at radius 1 is 1.04 bits per heavy atom. The number of carbonyl (C=O) groups excluding carboxylic acids is 1. The number of nitrogens with zero attached hydrogens (tertiary/aromatic N) is 1. The summed E-state index contributed by atoms with van der Waals surface area (Å²) in [5, 5.41) is 2.80. The van der Waals surface area contributed by atoms with Crippen LogP contribution < -0.4 is 15.7 Å². The summed E-state index contributed by atoms with van der Waals surface area (Å²) < 4.78 is 1.09. The molecule has 0 saturated heterocycles. The van der Waals surface area contributed by atoms with Gasteiger partial charge in [-0.05, 0) is 48.7 Å². The van der Waals surface area contributed by atoms with E-state index < -0.39 is 11.5 Å². The zero-order chi connectivity index (χ0) is 18.5. The van der Waals surface area contributed by atoms with Crippen molar-refractivity contribution in [3.05, 3.63) is 99.5 Å². The second-order valence-corrected chi connectivity index (χ2v) is 6.08. The van der Waals surface area contributed by atoms with Crippen LogP contribution in [0.1, 0.15) is 27.0 Å². The first-order valence-corrected chi connectivity index (χ1v) is 8.32. The second-order valence-electron chi connectivity index (χ2n) is 6.08. The molecule has 1 aromatic heterocycles. The van der Waals surface area contributed by atoms with Gasteiger partial charge >= 0.3 is 0 Å². The molecule has 0 saturated carbocycles. The van der Waals surface area contributed by atoms with Crippen molar-refractivity contribution in [3.8, 4) is 0 Å². The molecule has 0 aliphatic heterocycles. The number of aryl methyl sites for hydroxylation is 2. The number of anilines is 1. The predicted octanol–water partition coefficient (Wildman–Crippen LogP) is 3.35. The standard InChI is InChI=1S/C21H20N2O3/c1-15-10-11-16(2)19(13-15)22-20(24)18-9-6-12-23(21(18)25)26-14-17-7-4-3-5-8-17/h3-13H,14H2,1-2H3,(H,22,24). The molecule has 5 nitrogen and oxygen atoms in total. The van der Waals surface area contributed by atoms with Crippen molar-refractivity contribution in [1.29, 1.82) is 0 Å². The van der Waals surface area contributed by atoms with Crippen molar-refractivity contribution in [2.24, 2.45) is 0 Å². The van der Waals surface area contributed by atoms with Crippen molar-refractivity contribution < 1.29 is 9.63 Å². The summed E-state index contributed by atoms with van der Waals surface area (Å²) in [6, 6.07) is 18.4. The lowest BCUT2D eigenvalue weighted by atomic mass is 10.1. The molecule has 1 N–H and O–H groups in total. The van der Waals surface area contributed by atoms with Gasteiger partial charge in [0.1, 0.15) is 12.2 Å². The van der Waals surface area contributed by atoms with Gasteiger partial charge in [-0.1, -0.05) is 42.5 Å². The van der Waals surface area contributed by atoms with E-state index in [1.165, 1.54) is 12.3 Å². The maximum Gasteiger partial charge on any atom is 0.295 e. The van der Waals surface area contributed by atoms with E-state index in [1.807, 2.05) is 62.4 Å². The van der Waals surface area contributed by atoms with E-state index >= 15 is 0 Å². The predicted molar refractivity (Wildman–Crippen MR) is 101 cm³/mol. The molecule has 1 amide bonds. The molecule has 0 unspecified atom stereocenters. The fourth-order valence-corrected chi connectivity index (χ4v) is 2.53. The molecular weight excluding hydrogens is 328 g/mol. The number of aromatic nitrogens is 1. The van der Waals surface area contributed by atoms with Crippen molar-refractivity contribution in [2.45, 2.75) is 20.5 Å². The van der Waals surface area contributed by atoms with E-state index in [9.17, 15) is 9.59 Å². The Morgan fingerprint density at radius 3 is 2.58 bits per heavy atom. The van der Waals surface area contributed by atoms with Gasteiger partial charge in [0.15, 0.2) is 0 Å². The lowest BCUT2D eigenvalue weighted by Gasteiger charge is -2.11. The fourth-order valence-electron chi connectivity index (χ4n) is 2.53. The number of amides is 1. The summed E-state index contributed by atoms with van der Waals surface area (Å²) in [5.41, 5.74) is 3.12. The molecule has 0 radical (unpaired) electrons. The molecule has 0 aliphatic carbocycles. The molecule has 3 aromatic rings. The van der Waals surface area contributed by atoms with Crippen LogP contribution in [0.3, 0.4) is 0 Å². The van der Waals surface area contributed by atoms with E-state index in [0.717, 1.165) is 21.4 Å². The first-order valence-electron chi connectivity index (χ1n) is 8.32. The van der Waals surface area contributed by atoms with Crippen LogP contribution in [0, 0.1) is 13.8 Å². The number of benzene rings is 2. The minimum atomic E-state index is -0.494. The third kappa shape index (κ3) is 4.00. The molecule has 5 heteroatoms. The molecule has 0 aliphatic rings. The highest BCUT2D eigenvalue weighted by Crippen LogP contribution is 2.16. The van der Waals surface area contributed by atoms with Crippen molar-refractivity contribution in [1.82, 2.24) is 4.73 Å². The molecular formula is C21H20N2O3. The molecule has 0 bridgehead atoms.